The fraction of sp³-hybridized carbons (Fsp3) is 0.294. The molecular formula is C17H20BrNO5S. The van der Waals surface area contributed by atoms with Crippen molar-refractivity contribution in [1.29, 1.82) is 0 Å². The summed E-state index contributed by atoms with van der Waals surface area (Å²) in [7, 11) is -0.577. The largest absolute Gasteiger partial charge is 0.496 e. The van der Waals surface area contributed by atoms with Crippen molar-refractivity contribution in [2.24, 2.45) is 0 Å². The smallest absolute Gasteiger partial charge is 0.240 e. The number of ether oxygens (including phenoxy) is 3. The van der Waals surface area contributed by atoms with Crippen LogP contribution in [0.15, 0.2) is 45.8 Å². The fourth-order valence-electron chi connectivity index (χ4n) is 2.18. The lowest BCUT2D eigenvalue weighted by atomic mass is 10.2. The van der Waals surface area contributed by atoms with Crippen molar-refractivity contribution < 1.29 is 22.6 Å². The number of hydrogen-bond acceptors (Lipinski definition) is 5. The minimum Gasteiger partial charge on any atom is -0.496 e. The summed E-state index contributed by atoms with van der Waals surface area (Å²) in [5.41, 5.74) is 0.764. The maximum Gasteiger partial charge on any atom is 0.240 e. The van der Waals surface area contributed by atoms with Gasteiger partial charge in [0, 0.05) is 6.54 Å². The summed E-state index contributed by atoms with van der Waals surface area (Å²) in [6.07, 6.45) is 0. The van der Waals surface area contributed by atoms with E-state index >= 15 is 0 Å². The molecule has 136 valence electrons. The number of sulfonamides is 1. The standard InChI is InChI=1S/C17H20BrNO5S/c1-4-24-17-9-12(5-7-16(17)23-3)11-19-25(20,21)13-6-8-15(22-2)14(18)10-13/h5-10,19H,4,11H2,1-3H3. The quantitative estimate of drug-likeness (QED) is 0.696. The van der Waals surface area contributed by atoms with Gasteiger partial charge >= 0.3 is 0 Å². The first kappa shape index (κ1) is 19.6. The molecule has 0 aliphatic heterocycles. The van der Waals surface area contributed by atoms with Crippen LogP contribution in [0.25, 0.3) is 0 Å². The summed E-state index contributed by atoms with van der Waals surface area (Å²) in [5.74, 6) is 1.75. The van der Waals surface area contributed by atoms with Crippen LogP contribution in [0.3, 0.4) is 0 Å². The first-order chi connectivity index (χ1) is 11.9. The van der Waals surface area contributed by atoms with Crippen LogP contribution in [-0.2, 0) is 16.6 Å². The molecule has 0 fully saturated rings. The molecule has 2 aromatic carbocycles. The lowest BCUT2D eigenvalue weighted by molar-refractivity contribution is 0.310. The predicted molar refractivity (Wildman–Crippen MR) is 98.9 cm³/mol. The molecule has 0 saturated carbocycles. The van der Waals surface area contributed by atoms with Crippen LogP contribution in [0.5, 0.6) is 17.2 Å². The van der Waals surface area contributed by atoms with Gasteiger partial charge in [-0.05, 0) is 58.7 Å². The zero-order valence-corrected chi connectivity index (χ0v) is 16.6. The first-order valence-electron chi connectivity index (χ1n) is 7.54. The van der Waals surface area contributed by atoms with Crippen molar-refractivity contribution in [3.63, 3.8) is 0 Å². The third-order valence-electron chi connectivity index (χ3n) is 3.43. The fourth-order valence-corrected chi connectivity index (χ4v) is 3.91. The van der Waals surface area contributed by atoms with Crippen LogP contribution in [0.1, 0.15) is 12.5 Å². The third-order valence-corrected chi connectivity index (χ3v) is 5.45. The summed E-state index contributed by atoms with van der Waals surface area (Å²) >= 11 is 3.29. The molecule has 8 heteroatoms. The Morgan fingerprint density at radius 1 is 1.00 bits per heavy atom. The second kappa shape index (κ2) is 8.55. The highest BCUT2D eigenvalue weighted by Gasteiger charge is 2.16. The zero-order valence-electron chi connectivity index (χ0n) is 14.2. The van der Waals surface area contributed by atoms with Gasteiger partial charge in [0.2, 0.25) is 10.0 Å². The molecule has 6 nitrogen and oxygen atoms in total. The van der Waals surface area contributed by atoms with Gasteiger partial charge in [-0.3, -0.25) is 0 Å². The second-order valence-electron chi connectivity index (χ2n) is 5.04. The average Bonchev–Trinajstić information content (AvgIpc) is 2.60. The number of nitrogens with one attached hydrogen (secondary N) is 1. The predicted octanol–water partition coefficient (Wildman–Crippen LogP) is 3.34. The van der Waals surface area contributed by atoms with E-state index in [9.17, 15) is 8.42 Å². The molecule has 0 radical (unpaired) electrons. The summed E-state index contributed by atoms with van der Waals surface area (Å²) in [5, 5.41) is 0. The molecule has 0 aliphatic rings. The third kappa shape index (κ3) is 4.87. The van der Waals surface area contributed by atoms with Crippen LogP contribution >= 0.6 is 15.9 Å². The zero-order chi connectivity index (χ0) is 18.4. The molecule has 0 heterocycles. The second-order valence-corrected chi connectivity index (χ2v) is 7.66. The molecule has 0 aromatic heterocycles. The van der Waals surface area contributed by atoms with Crippen molar-refractivity contribution in [2.75, 3.05) is 20.8 Å². The van der Waals surface area contributed by atoms with E-state index in [0.29, 0.717) is 28.3 Å². The molecule has 0 saturated heterocycles. The minimum absolute atomic E-state index is 0.135. The Hall–Kier alpha value is -1.77. The van der Waals surface area contributed by atoms with Gasteiger partial charge in [-0.15, -0.1) is 0 Å². The highest BCUT2D eigenvalue weighted by atomic mass is 79.9. The van der Waals surface area contributed by atoms with Crippen molar-refractivity contribution in [3.05, 3.63) is 46.4 Å². The van der Waals surface area contributed by atoms with Gasteiger partial charge in [-0.2, -0.15) is 0 Å². The van der Waals surface area contributed by atoms with Crippen LogP contribution in [0.4, 0.5) is 0 Å². The first-order valence-corrected chi connectivity index (χ1v) is 9.81. The van der Waals surface area contributed by atoms with Crippen LogP contribution in [0, 0.1) is 0 Å². The Labute approximate surface area is 156 Å². The number of rotatable bonds is 8. The SMILES string of the molecule is CCOc1cc(CNS(=O)(=O)c2ccc(OC)c(Br)c2)ccc1OC. The lowest BCUT2D eigenvalue weighted by Crippen LogP contribution is -2.23. The van der Waals surface area contributed by atoms with Crippen molar-refractivity contribution in [3.8, 4) is 17.2 Å². The van der Waals surface area contributed by atoms with E-state index in [1.54, 1.807) is 31.4 Å². The maximum absolute atomic E-state index is 12.5. The molecule has 25 heavy (non-hydrogen) atoms. The van der Waals surface area contributed by atoms with E-state index in [0.717, 1.165) is 5.56 Å². The average molecular weight is 430 g/mol. The minimum atomic E-state index is -3.65. The van der Waals surface area contributed by atoms with Crippen molar-refractivity contribution >= 4 is 26.0 Å². The highest BCUT2D eigenvalue weighted by Crippen LogP contribution is 2.29. The number of halogens is 1. The Bertz CT molecular complexity index is 839. The Morgan fingerprint density at radius 3 is 2.28 bits per heavy atom. The van der Waals surface area contributed by atoms with Crippen LogP contribution in [-0.4, -0.2) is 29.2 Å². The van der Waals surface area contributed by atoms with Gasteiger partial charge in [0.1, 0.15) is 5.75 Å². The normalized spacial score (nSPS) is 11.2. The van der Waals surface area contributed by atoms with Gasteiger partial charge in [0.05, 0.1) is 30.2 Å². The van der Waals surface area contributed by atoms with E-state index in [1.807, 2.05) is 6.92 Å². The van der Waals surface area contributed by atoms with E-state index in [-0.39, 0.29) is 11.4 Å². The monoisotopic (exact) mass is 429 g/mol. The maximum atomic E-state index is 12.5. The molecule has 0 spiro atoms. The number of benzene rings is 2. The summed E-state index contributed by atoms with van der Waals surface area (Å²) in [6, 6.07) is 9.88. The Morgan fingerprint density at radius 2 is 1.68 bits per heavy atom. The highest BCUT2D eigenvalue weighted by molar-refractivity contribution is 9.10. The summed E-state index contributed by atoms with van der Waals surface area (Å²) in [6.45, 7) is 2.50. The summed E-state index contributed by atoms with van der Waals surface area (Å²) < 4.78 is 43.9. The number of hydrogen-bond donors (Lipinski definition) is 1. The van der Waals surface area contributed by atoms with Gasteiger partial charge < -0.3 is 14.2 Å². The van der Waals surface area contributed by atoms with Crippen molar-refractivity contribution in [2.45, 2.75) is 18.4 Å². The molecule has 2 aromatic rings. The molecule has 0 aliphatic carbocycles. The van der Waals surface area contributed by atoms with E-state index in [1.165, 1.54) is 19.2 Å². The number of methoxy groups -OCH3 is 2. The summed E-state index contributed by atoms with van der Waals surface area (Å²) in [4.78, 5) is 0.152. The van der Waals surface area contributed by atoms with E-state index in [2.05, 4.69) is 20.7 Å². The Balaban J connectivity index is 2.16. The lowest BCUT2D eigenvalue weighted by Gasteiger charge is -2.12. The molecule has 0 unspecified atom stereocenters. The molecule has 0 bridgehead atoms. The van der Waals surface area contributed by atoms with Crippen LogP contribution < -0.4 is 18.9 Å². The molecule has 2 rings (SSSR count). The van der Waals surface area contributed by atoms with E-state index in [4.69, 9.17) is 14.2 Å². The molecule has 0 amide bonds. The molecular weight excluding hydrogens is 410 g/mol. The molecule has 1 N–H and O–H groups in total. The topological polar surface area (TPSA) is 73.9 Å². The van der Waals surface area contributed by atoms with Crippen molar-refractivity contribution in [1.82, 2.24) is 4.72 Å². The van der Waals surface area contributed by atoms with E-state index < -0.39 is 10.0 Å². The van der Waals surface area contributed by atoms with Gasteiger partial charge in [-0.1, -0.05) is 6.07 Å². The Kier molecular flexibility index (Phi) is 6.69. The van der Waals surface area contributed by atoms with Gasteiger partial charge in [0.15, 0.2) is 11.5 Å². The van der Waals surface area contributed by atoms with Gasteiger partial charge in [-0.25, -0.2) is 13.1 Å². The van der Waals surface area contributed by atoms with Gasteiger partial charge in [0.25, 0.3) is 0 Å². The van der Waals surface area contributed by atoms with Crippen LogP contribution in [0.2, 0.25) is 0 Å². The molecule has 0 atom stereocenters.